The maximum atomic E-state index is 12.6. The van der Waals surface area contributed by atoms with E-state index >= 15 is 0 Å². The van der Waals surface area contributed by atoms with Gasteiger partial charge in [0.25, 0.3) is 5.91 Å². The van der Waals surface area contributed by atoms with Crippen LogP contribution in [0.15, 0.2) is 18.2 Å². The van der Waals surface area contributed by atoms with Crippen molar-refractivity contribution >= 4 is 17.7 Å². The number of hydrogen-bond donors (Lipinski definition) is 2. The van der Waals surface area contributed by atoms with Gasteiger partial charge in [0.05, 0.1) is 12.8 Å². The van der Waals surface area contributed by atoms with Crippen LogP contribution in [0, 0.1) is 0 Å². The summed E-state index contributed by atoms with van der Waals surface area (Å²) in [5, 5.41) is 2.86. The molecule has 7 heteroatoms. The summed E-state index contributed by atoms with van der Waals surface area (Å²) in [6, 6.07) is 5.04. The van der Waals surface area contributed by atoms with Crippen LogP contribution in [0.4, 0.5) is 10.5 Å². The molecule has 2 rings (SSSR count). The fourth-order valence-electron chi connectivity index (χ4n) is 2.73. The monoisotopic (exact) mass is 349 g/mol. The Bertz CT molecular complexity index is 632. The smallest absolute Gasteiger partial charge is 0.407 e. The molecule has 0 atom stereocenters. The zero-order valence-electron chi connectivity index (χ0n) is 15.3. The third-order valence-corrected chi connectivity index (χ3v) is 3.98. The van der Waals surface area contributed by atoms with E-state index in [9.17, 15) is 9.59 Å². The molecule has 1 aliphatic heterocycles. The Labute approximate surface area is 148 Å². The summed E-state index contributed by atoms with van der Waals surface area (Å²) in [6.07, 6.45) is 0.967. The molecule has 0 unspecified atom stereocenters. The Morgan fingerprint density at radius 1 is 1.24 bits per heavy atom. The van der Waals surface area contributed by atoms with Crippen LogP contribution in [-0.2, 0) is 4.74 Å². The number of amides is 2. The lowest BCUT2D eigenvalue weighted by molar-refractivity contribution is 0.0473. The van der Waals surface area contributed by atoms with Gasteiger partial charge in [0.1, 0.15) is 11.4 Å². The number of nitrogens with zero attached hydrogens (tertiary/aromatic N) is 1. The molecule has 1 aromatic carbocycles. The summed E-state index contributed by atoms with van der Waals surface area (Å²) in [4.78, 5) is 26.2. The highest BCUT2D eigenvalue weighted by Crippen LogP contribution is 2.24. The minimum absolute atomic E-state index is 0.0138. The largest absolute Gasteiger partial charge is 0.495 e. The van der Waals surface area contributed by atoms with Crippen molar-refractivity contribution in [2.45, 2.75) is 45.3 Å². The molecule has 1 aromatic rings. The van der Waals surface area contributed by atoms with E-state index in [1.165, 1.54) is 7.11 Å². The van der Waals surface area contributed by atoms with Gasteiger partial charge in [-0.25, -0.2) is 4.79 Å². The lowest BCUT2D eigenvalue weighted by Crippen LogP contribution is -2.47. The summed E-state index contributed by atoms with van der Waals surface area (Å²) in [6.45, 7) is 6.64. The number of carbonyl (C=O) groups excluding carboxylic acids is 2. The Balaban J connectivity index is 1.89. The van der Waals surface area contributed by atoms with Crippen LogP contribution in [0.3, 0.4) is 0 Å². The number of piperidine rings is 1. The molecule has 7 nitrogen and oxygen atoms in total. The number of hydrogen-bond acceptors (Lipinski definition) is 5. The first-order valence-electron chi connectivity index (χ1n) is 8.42. The molecule has 0 bridgehead atoms. The van der Waals surface area contributed by atoms with Crippen molar-refractivity contribution in [3.63, 3.8) is 0 Å². The average Bonchev–Trinajstić information content (AvgIpc) is 2.53. The van der Waals surface area contributed by atoms with E-state index in [0.29, 0.717) is 42.9 Å². The van der Waals surface area contributed by atoms with E-state index in [1.807, 2.05) is 20.8 Å². The molecule has 1 aliphatic rings. The number of alkyl carbamates (subject to hydrolysis) is 1. The topological polar surface area (TPSA) is 93.9 Å². The minimum Gasteiger partial charge on any atom is -0.495 e. The van der Waals surface area contributed by atoms with Crippen molar-refractivity contribution in [3.05, 3.63) is 23.8 Å². The second kappa shape index (κ2) is 7.63. The third-order valence-electron chi connectivity index (χ3n) is 3.98. The molecule has 1 heterocycles. The molecule has 2 amide bonds. The van der Waals surface area contributed by atoms with Crippen LogP contribution in [0.2, 0.25) is 0 Å². The highest BCUT2D eigenvalue weighted by Gasteiger charge is 2.26. The van der Waals surface area contributed by atoms with E-state index in [0.717, 1.165) is 0 Å². The highest BCUT2D eigenvalue weighted by atomic mass is 16.6. The van der Waals surface area contributed by atoms with Crippen molar-refractivity contribution < 1.29 is 19.1 Å². The first-order valence-corrected chi connectivity index (χ1v) is 8.42. The molecule has 3 N–H and O–H groups in total. The summed E-state index contributed by atoms with van der Waals surface area (Å²) < 4.78 is 10.4. The number of benzene rings is 1. The molecular weight excluding hydrogens is 322 g/mol. The van der Waals surface area contributed by atoms with Crippen LogP contribution in [0.5, 0.6) is 5.75 Å². The summed E-state index contributed by atoms with van der Waals surface area (Å²) in [5.74, 6) is 0.432. The quantitative estimate of drug-likeness (QED) is 0.817. The normalized spacial score (nSPS) is 15.6. The van der Waals surface area contributed by atoms with E-state index in [1.54, 1.807) is 23.1 Å². The van der Waals surface area contributed by atoms with Gasteiger partial charge in [-0.3, -0.25) is 4.79 Å². The number of carbonyl (C=O) groups is 2. The first-order chi connectivity index (χ1) is 11.7. The maximum absolute atomic E-state index is 12.6. The van der Waals surface area contributed by atoms with E-state index in [2.05, 4.69) is 5.32 Å². The standard InChI is InChI=1S/C18H27N3O4/c1-18(2,3)25-17(23)20-13-7-9-21(10-8-13)16(22)12-5-6-14(19)15(11-12)24-4/h5-6,11,13H,7-10,19H2,1-4H3,(H,20,23). The highest BCUT2D eigenvalue weighted by molar-refractivity contribution is 5.95. The lowest BCUT2D eigenvalue weighted by Gasteiger charge is -2.33. The van der Waals surface area contributed by atoms with Gasteiger partial charge in [0.2, 0.25) is 0 Å². The van der Waals surface area contributed by atoms with Gasteiger partial charge < -0.3 is 25.4 Å². The van der Waals surface area contributed by atoms with Gasteiger partial charge in [0.15, 0.2) is 0 Å². The van der Waals surface area contributed by atoms with E-state index in [4.69, 9.17) is 15.2 Å². The third kappa shape index (κ3) is 5.27. The number of rotatable bonds is 3. The van der Waals surface area contributed by atoms with Gasteiger partial charge >= 0.3 is 6.09 Å². The maximum Gasteiger partial charge on any atom is 0.407 e. The molecule has 0 aromatic heterocycles. The fraction of sp³-hybridized carbons (Fsp3) is 0.556. The summed E-state index contributed by atoms with van der Waals surface area (Å²) in [7, 11) is 1.52. The lowest BCUT2D eigenvalue weighted by atomic mass is 10.0. The number of likely N-dealkylation sites (tertiary alicyclic amines) is 1. The van der Waals surface area contributed by atoms with Crippen molar-refractivity contribution in [2.75, 3.05) is 25.9 Å². The van der Waals surface area contributed by atoms with Gasteiger partial charge in [-0.05, 0) is 51.8 Å². The Kier molecular flexibility index (Phi) is 5.77. The Hall–Kier alpha value is -2.44. The number of nitrogens with two attached hydrogens (primary N) is 1. The molecule has 0 radical (unpaired) electrons. The van der Waals surface area contributed by atoms with Gasteiger partial charge in [-0.15, -0.1) is 0 Å². The Morgan fingerprint density at radius 2 is 1.88 bits per heavy atom. The molecule has 0 saturated carbocycles. The molecular formula is C18H27N3O4. The van der Waals surface area contributed by atoms with Crippen molar-refractivity contribution in [1.29, 1.82) is 0 Å². The van der Waals surface area contributed by atoms with Crippen molar-refractivity contribution in [1.82, 2.24) is 10.2 Å². The predicted molar refractivity (Wildman–Crippen MR) is 95.7 cm³/mol. The second-order valence-corrected chi connectivity index (χ2v) is 7.17. The van der Waals surface area contributed by atoms with Crippen LogP contribution in [-0.4, -0.2) is 48.7 Å². The summed E-state index contributed by atoms with van der Waals surface area (Å²) >= 11 is 0. The molecule has 0 aliphatic carbocycles. The zero-order chi connectivity index (χ0) is 18.6. The summed E-state index contributed by atoms with van der Waals surface area (Å²) in [5.41, 5.74) is 6.31. The van der Waals surface area contributed by atoms with Crippen molar-refractivity contribution in [3.8, 4) is 5.75 Å². The van der Waals surface area contributed by atoms with E-state index < -0.39 is 11.7 Å². The SMILES string of the molecule is COc1cc(C(=O)N2CCC(NC(=O)OC(C)(C)C)CC2)ccc1N. The van der Waals surface area contributed by atoms with E-state index in [-0.39, 0.29) is 11.9 Å². The van der Waals surface area contributed by atoms with Crippen LogP contribution < -0.4 is 15.8 Å². The number of methoxy groups -OCH3 is 1. The van der Waals surface area contributed by atoms with Gasteiger partial charge in [-0.1, -0.05) is 0 Å². The molecule has 0 spiro atoms. The Morgan fingerprint density at radius 3 is 2.44 bits per heavy atom. The zero-order valence-corrected chi connectivity index (χ0v) is 15.3. The number of nitrogens with one attached hydrogen (secondary N) is 1. The van der Waals surface area contributed by atoms with Crippen LogP contribution >= 0.6 is 0 Å². The number of nitrogen functional groups attached to an aromatic ring is 1. The number of anilines is 1. The van der Waals surface area contributed by atoms with Crippen LogP contribution in [0.1, 0.15) is 44.0 Å². The van der Waals surface area contributed by atoms with Gasteiger partial charge in [0, 0.05) is 24.7 Å². The molecule has 1 saturated heterocycles. The molecule has 1 fully saturated rings. The minimum atomic E-state index is -0.519. The van der Waals surface area contributed by atoms with Crippen LogP contribution in [0.25, 0.3) is 0 Å². The van der Waals surface area contributed by atoms with Gasteiger partial charge in [-0.2, -0.15) is 0 Å². The molecule has 25 heavy (non-hydrogen) atoms. The second-order valence-electron chi connectivity index (χ2n) is 7.17. The average molecular weight is 349 g/mol. The first kappa shape index (κ1) is 18.9. The predicted octanol–water partition coefficient (Wildman–Crippen LogP) is 2.41. The fourth-order valence-corrected chi connectivity index (χ4v) is 2.73. The van der Waals surface area contributed by atoms with Crippen molar-refractivity contribution in [2.24, 2.45) is 0 Å². The number of ether oxygens (including phenoxy) is 2. The molecule has 138 valence electrons.